The number of amides is 2. The number of hydrogen-bond acceptors (Lipinski definition) is 4. The van der Waals surface area contributed by atoms with E-state index in [4.69, 9.17) is 4.98 Å². The van der Waals surface area contributed by atoms with Gasteiger partial charge < -0.3 is 10.6 Å². The van der Waals surface area contributed by atoms with Crippen molar-refractivity contribution in [2.75, 3.05) is 11.9 Å². The molecule has 0 saturated carbocycles. The zero-order valence-electron chi connectivity index (χ0n) is 18.4. The van der Waals surface area contributed by atoms with E-state index in [-0.39, 0.29) is 30.3 Å². The van der Waals surface area contributed by atoms with E-state index in [0.717, 1.165) is 22.5 Å². The molecule has 0 saturated heterocycles. The van der Waals surface area contributed by atoms with Gasteiger partial charge in [0.2, 0.25) is 5.91 Å². The van der Waals surface area contributed by atoms with Gasteiger partial charge in [-0.05, 0) is 56.9 Å². The molecule has 7 nitrogen and oxygen atoms in total. The van der Waals surface area contributed by atoms with Crippen molar-refractivity contribution in [1.29, 1.82) is 0 Å². The standard InChI is InChI=1S/C23H29N5O2/c1-13(2)20-10-17(18-11-25-28(14(3)4)22(18)27-20)23(30)24-12-21(29)26-19-9-7-8-15(5)16(19)6/h7-11,13-14H,12H2,1-6H3,(H,24,30)(H,26,29). The Labute approximate surface area is 176 Å². The smallest absolute Gasteiger partial charge is 0.252 e. The third kappa shape index (κ3) is 4.35. The zero-order chi connectivity index (χ0) is 22.0. The fourth-order valence-electron chi connectivity index (χ4n) is 3.24. The van der Waals surface area contributed by atoms with Crippen LogP contribution in [0.4, 0.5) is 5.69 Å². The van der Waals surface area contributed by atoms with Gasteiger partial charge in [-0.2, -0.15) is 5.10 Å². The van der Waals surface area contributed by atoms with Crippen LogP contribution in [0.15, 0.2) is 30.5 Å². The number of carbonyl (C=O) groups excluding carboxylic acids is 2. The Hall–Kier alpha value is -3.22. The van der Waals surface area contributed by atoms with E-state index in [1.54, 1.807) is 12.3 Å². The van der Waals surface area contributed by atoms with E-state index in [1.165, 1.54) is 0 Å². The normalized spacial score (nSPS) is 11.3. The van der Waals surface area contributed by atoms with Crippen LogP contribution in [-0.4, -0.2) is 33.1 Å². The van der Waals surface area contributed by atoms with Gasteiger partial charge in [0.15, 0.2) is 5.65 Å². The van der Waals surface area contributed by atoms with Crippen LogP contribution in [0.2, 0.25) is 0 Å². The highest BCUT2D eigenvalue weighted by Crippen LogP contribution is 2.24. The van der Waals surface area contributed by atoms with E-state index in [9.17, 15) is 9.59 Å². The first-order valence-corrected chi connectivity index (χ1v) is 10.2. The number of aryl methyl sites for hydroxylation is 1. The Morgan fingerprint density at radius 2 is 1.87 bits per heavy atom. The summed E-state index contributed by atoms with van der Waals surface area (Å²) in [5.41, 5.74) is 4.84. The molecule has 0 fully saturated rings. The maximum atomic E-state index is 12.9. The summed E-state index contributed by atoms with van der Waals surface area (Å²) in [4.78, 5) is 30.0. The van der Waals surface area contributed by atoms with Crippen LogP contribution >= 0.6 is 0 Å². The van der Waals surface area contributed by atoms with Crippen LogP contribution in [-0.2, 0) is 4.79 Å². The highest BCUT2D eigenvalue weighted by atomic mass is 16.2. The second-order valence-corrected chi connectivity index (χ2v) is 8.15. The lowest BCUT2D eigenvalue weighted by molar-refractivity contribution is -0.115. The Bertz CT molecular complexity index is 1100. The number of benzene rings is 1. The molecule has 2 N–H and O–H groups in total. The number of nitrogens with zero attached hydrogens (tertiary/aromatic N) is 3. The number of carbonyl (C=O) groups is 2. The lowest BCUT2D eigenvalue weighted by atomic mass is 10.0. The zero-order valence-corrected chi connectivity index (χ0v) is 18.4. The van der Waals surface area contributed by atoms with Crippen LogP contribution in [0.3, 0.4) is 0 Å². The van der Waals surface area contributed by atoms with E-state index in [2.05, 4.69) is 15.7 Å². The van der Waals surface area contributed by atoms with Gasteiger partial charge >= 0.3 is 0 Å². The molecular formula is C23H29N5O2. The number of fused-ring (bicyclic) bond motifs is 1. The largest absolute Gasteiger partial charge is 0.343 e. The van der Waals surface area contributed by atoms with Crippen molar-refractivity contribution in [1.82, 2.24) is 20.1 Å². The molecule has 0 atom stereocenters. The molecule has 0 aliphatic rings. The quantitative estimate of drug-likeness (QED) is 0.643. The van der Waals surface area contributed by atoms with E-state index < -0.39 is 0 Å². The summed E-state index contributed by atoms with van der Waals surface area (Å²) in [6.45, 7) is 11.9. The molecule has 158 valence electrons. The first kappa shape index (κ1) is 21.5. The van der Waals surface area contributed by atoms with Crippen LogP contribution < -0.4 is 10.6 Å². The van der Waals surface area contributed by atoms with Crippen molar-refractivity contribution in [3.63, 3.8) is 0 Å². The summed E-state index contributed by atoms with van der Waals surface area (Å²) in [5.74, 6) is -0.433. The third-order valence-electron chi connectivity index (χ3n) is 5.20. The highest BCUT2D eigenvalue weighted by molar-refractivity contribution is 6.07. The number of rotatable bonds is 6. The fourth-order valence-corrected chi connectivity index (χ4v) is 3.24. The number of pyridine rings is 1. The first-order valence-electron chi connectivity index (χ1n) is 10.2. The lowest BCUT2D eigenvalue weighted by Crippen LogP contribution is -2.33. The van der Waals surface area contributed by atoms with Crippen molar-refractivity contribution in [2.45, 2.75) is 53.5 Å². The Morgan fingerprint density at radius 3 is 2.53 bits per heavy atom. The predicted octanol–water partition coefficient (Wildman–Crippen LogP) is 4.12. The molecule has 3 aromatic rings. The van der Waals surface area contributed by atoms with E-state index >= 15 is 0 Å². The molecular weight excluding hydrogens is 378 g/mol. The summed E-state index contributed by atoms with van der Waals surface area (Å²) < 4.78 is 1.81. The highest BCUT2D eigenvalue weighted by Gasteiger charge is 2.19. The molecule has 7 heteroatoms. The predicted molar refractivity (Wildman–Crippen MR) is 119 cm³/mol. The molecule has 0 aliphatic carbocycles. The fraction of sp³-hybridized carbons (Fsp3) is 0.391. The molecule has 0 bridgehead atoms. The summed E-state index contributed by atoms with van der Waals surface area (Å²) in [6.07, 6.45) is 1.66. The van der Waals surface area contributed by atoms with Crippen molar-refractivity contribution in [2.24, 2.45) is 0 Å². The van der Waals surface area contributed by atoms with Gasteiger partial charge in [-0.1, -0.05) is 26.0 Å². The van der Waals surface area contributed by atoms with Crippen LogP contribution in [0, 0.1) is 13.8 Å². The number of nitrogens with one attached hydrogen (secondary N) is 2. The minimum absolute atomic E-state index is 0.120. The van der Waals surface area contributed by atoms with E-state index in [0.29, 0.717) is 16.6 Å². The summed E-state index contributed by atoms with van der Waals surface area (Å²) in [7, 11) is 0. The average Bonchev–Trinajstić information content (AvgIpc) is 3.13. The van der Waals surface area contributed by atoms with Crippen molar-refractivity contribution in [3.8, 4) is 0 Å². The number of anilines is 1. The monoisotopic (exact) mass is 407 g/mol. The molecule has 0 radical (unpaired) electrons. The Balaban J connectivity index is 1.81. The molecule has 2 amide bonds. The van der Waals surface area contributed by atoms with Gasteiger partial charge in [0.05, 0.1) is 23.7 Å². The third-order valence-corrected chi connectivity index (χ3v) is 5.20. The first-order chi connectivity index (χ1) is 14.2. The maximum absolute atomic E-state index is 12.9. The summed E-state index contributed by atoms with van der Waals surface area (Å²) >= 11 is 0. The second kappa shape index (κ2) is 8.65. The van der Waals surface area contributed by atoms with Gasteiger partial charge in [-0.3, -0.25) is 9.59 Å². The average molecular weight is 408 g/mol. The molecule has 2 aromatic heterocycles. The minimum Gasteiger partial charge on any atom is -0.343 e. The number of hydrogen-bond donors (Lipinski definition) is 2. The van der Waals surface area contributed by atoms with Gasteiger partial charge in [-0.15, -0.1) is 0 Å². The van der Waals surface area contributed by atoms with Gasteiger partial charge in [0, 0.05) is 17.4 Å². The molecule has 3 rings (SSSR count). The van der Waals surface area contributed by atoms with Crippen molar-refractivity contribution in [3.05, 3.63) is 52.8 Å². The number of aromatic nitrogens is 3. The minimum atomic E-state index is -0.316. The molecule has 1 aromatic carbocycles. The van der Waals surface area contributed by atoms with Gasteiger partial charge in [-0.25, -0.2) is 9.67 Å². The molecule has 0 unspecified atom stereocenters. The Morgan fingerprint density at radius 1 is 1.13 bits per heavy atom. The van der Waals surface area contributed by atoms with Crippen molar-refractivity contribution >= 4 is 28.5 Å². The maximum Gasteiger partial charge on any atom is 0.252 e. The molecule has 30 heavy (non-hydrogen) atoms. The summed E-state index contributed by atoms with van der Waals surface area (Å²) in [5, 5.41) is 10.7. The topological polar surface area (TPSA) is 88.9 Å². The van der Waals surface area contributed by atoms with Crippen molar-refractivity contribution < 1.29 is 9.59 Å². The summed E-state index contributed by atoms with van der Waals surface area (Å²) in [6, 6.07) is 7.65. The van der Waals surface area contributed by atoms with Crippen LogP contribution in [0.1, 0.15) is 66.8 Å². The Kier molecular flexibility index (Phi) is 6.20. The molecule has 0 aliphatic heterocycles. The second-order valence-electron chi connectivity index (χ2n) is 8.15. The van der Waals surface area contributed by atoms with E-state index in [1.807, 2.05) is 64.4 Å². The molecule has 0 spiro atoms. The lowest BCUT2D eigenvalue weighted by Gasteiger charge is -2.13. The molecule has 2 heterocycles. The van der Waals surface area contributed by atoms with Crippen LogP contribution in [0.5, 0.6) is 0 Å². The SMILES string of the molecule is Cc1cccc(NC(=O)CNC(=O)c2cc(C(C)C)nc3c2cnn3C(C)C)c1C. The van der Waals surface area contributed by atoms with Gasteiger partial charge in [0.1, 0.15) is 0 Å². The van der Waals surface area contributed by atoms with Gasteiger partial charge in [0.25, 0.3) is 5.91 Å². The van der Waals surface area contributed by atoms with Crippen LogP contribution in [0.25, 0.3) is 11.0 Å².